The summed E-state index contributed by atoms with van der Waals surface area (Å²) in [7, 11) is 2.16. The predicted octanol–water partition coefficient (Wildman–Crippen LogP) is 6.13. The zero-order chi connectivity index (χ0) is 23.4. The SMILES string of the molecule is C=C1CC(N(C)c2ccccc2NCC(=O)O)CCC(CCC)N1C1CC2CCCC(C2)C1. The molecule has 4 rings (SSSR count). The normalized spacial score (nSPS) is 29.9. The maximum atomic E-state index is 11.1. The number of carboxylic acid groups (broad SMARTS) is 1. The van der Waals surface area contributed by atoms with Gasteiger partial charge < -0.3 is 20.2 Å². The number of carboxylic acids is 1. The van der Waals surface area contributed by atoms with Crippen LogP contribution < -0.4 is 10.2 Å². The average Bonchev–Trinajstić information content (AvgIpc) is 2.96. The topological polar surface area (TPSA) is 55.8 Å². The molecule has 2 aliphatic carbocycles. The number of hydrogen-bond donors (Lipinski definition) is 2. The number of nitrogens with zero attached hydrogens (tertiary/aromatic N) is 2. The quantitative estimate of drug-likeness (QED) is 0.496. The molecule has 2 N–H and O–H groups in total. The number of fused-ring (bicyclic) bond motifs is 2. The van der Waals surface area contributed by atoms with Crippen LogP contribution >= 0.6 is 0 Å². The van der Waals surface area contributed by atoms with Gasteiger partial charge >= 0.3 is 5.97 Å². The van der Waals surface area contributed by atoms with Gasteiger partial charge in [-0.05, 0) is 62.5 Å². The van der Waals surface area contributed by atoms with Gasteiger partial charge in [-0.2, -0.15) is 0 Å². The molecule has 1 aromatic carbocycles. The summed E-state index contributed by atoms with van der Waals surface area (Å²) in [4.78, 5) is 16.3. The van der Waals surface area contributed by atoms with Crippen LogP contribution in [0, 0.1) is 11.8 Å². The molecule has 5 heteroatoms. The molecule has 0 spiro atoms. The molecule has 1 aromatic rings. The lowest BCUT2D eigenvalue weighted by molar-refractivity contribution is -0.134. The van der Waals surface area contributed by atoms with Crippen LogP contribution in [0.2, 0.25) is 0 Å². The van der Waals surface area contributed by atoms with Crippen LogP contribution in [0.15, 0.2) is 36.5 Å². The third-order valence-electron chi connectivity index (χ3n) is 8.44. The number of aliphatic carboxylic acids is 1. The molecule has 0 amide bonds. The second-order valence-corrected chi connectivity index (χ2v) is 10.8. The second-order valence-electron chi connectivity index (χ2n) is 10.8. The van der Waals surface area contributed by atoms with E-state index >= 15 is 0 Å². The summed E-state index contributed by atoms with van der Waals surface area (Å²) < 4.78 is 0. The summed E-state index contributed by atoms with van der Waals surface area (Å²) in [6, 6.07) is 9.73. The lowest BCUT2D eigenvalue weighted by Crippen LogP contribution is -2.46. The molecule has 3 aliphatic rings. The van der Waals surface area contributed by atoms with Gasteiger partial charge in [0.1, 0.15) is 6.54 Å². The van der Waals surface area contributed by atoms with Gasteiger partial charge in [-0.1, -0.05) is 51.3 Å². The number of rotatable bonds is 8. The highest BCUT2D eigenvalue weighted by Crippen LogP contribution is 2.44. The highest BCUT2D eigenvalue weighted by atomic mass is 16.4. The van der Waals surface area contributed by atoms with Crippen molar-refractivity contribution < 1.29 is 9.90 Å². The molecule has 5 nitrogen and oxygen atoms in total. The van der Waals surface area contributed by atoms with E-state index in [2.05, 4.69) is 41.7 Å². The van der Waals surface area contributed by atoms with Crippen molar-refractivity contribution in [2.75, 3.05) is 23.8 Å². The van der Waals surface area contributed by atoms with Crippen LogP contribution in [0.25, 0.3) is 0 Å². The fourth-order valence-corrected chi connectivity index (χ4v) is 6.99. The average molecular weight is 454 g/mol. The Labute approximate surface area is 200 Å². The van der Waals surface area contributed by atoms with Crippen molar-refractivity contribution in [1.29, 1.82) is 0 Å². The monoisotopic (exact) mass is 453 g/mol. The summed E-state index contributed by atoms with van der Waals surface area (Å²) in [6.45, 7) is 6.92. The predicted molar refractivity (Wildman–Crippen MR) is 137 cm³/mol. The largest absolute Gasteiger partial charge is 0.480 e. The van der Waals surface area contributed by atoms with Crippen LogP contribution in [0.5, 0.6) is 0 Å². The number of nitrogens with one attached hydrogen (secondary N) is 1. The minimum absolute atomic E-state index is 0.0708. The highest BCUT2D eigenvalue weighted by Gasteiger charge is 2.39. The number of benzene rings is 1. The summed E-state index contributed by atoms with van der Waals surface area (Å²) in [6.07, 6.45) is 14.3. The third-order valence-corrected chi connectivity index (χ3v) is 8.44. The van der Waals surface area contributed by atoms with Crippen LogP contribution in [-0.2, 0) is 4.79 Å². The Kier molecular flexibility index (Phi) is 7.87. The molecule has 0 aromatic heterocycles. The molecule has 1 heterocycles. The zero-order valence-electron chi connectivity index (χ0n) is 20.6. The Morgan fingerprint density at radius 2 is 1.88 bits per heavy atom. The molecule has 2 saturated carbocycles. The van der Waals surface area contributed by atoms with E-state index in [-0.39, 0.29) is 6.54 Å². The van der Waals surface area contributed by atoms with Gasteiger partial charge in [0.25, 0.3) is 0 Å². The van der Waals surface area contributed by atoms with Crippen LogP contribution in [-0.4, -0.2) is 47.7 Å². The molecule has 3 fully saturated rings. The van der Waals surface area contributed by atoms with E-state index in [1.54, 1.807) is 0 Å². The van der Waals surface area contributed by atoms with Gasteiger partial charge in [-0.15, -0.1) is 0 Å². The lowest BCUT2D eigenvalue weighted by Gasteiger charge is -2.48. The minimum atomic E-state index is -0.842. The molecular weight excluding hydrogens is 410 g/mol. The van der Waals surface area contributed by atoms with E-state index in [4.69, 9.17) is 5.11 Å². The molecule has 4 atom stereocenters. The van der Waals surface area contributed by atoms with E-state index in [1.165, 1.54) is 63.5 Å². The molecule has 2 bridgehead atoms. The molecule has 0 radical (unpaired) electrons. The fourth-order valence-electron chi connectivity index (χ4n) is 6.99. The Bertz CT molecular complexity index is 813. The number of anilines is 2. The molecule has 1 aliphatic heterocycles. The van der Waals surface area contributed by atoms with E-state index in [0.717, 1.165) is 36.1 Å². The van der Waals surface area contributed by atoms with E-state index in [1.807, 2.05) is 18.2 Å². The standard InChI is InChI=1S/C28H43N3O2/c1-4-8-23-13-14-24(30(3)27-12-6-5-11-26(27)29-19-28(32)33)15-20(2)31(23)25-17-21-9-7-10-22(16-21)18-25/h5-6,11-12,21-25,29H,2,4,7-10,13-19H2,1,3H3,(H,32,33). The number of hydrogen-bond acceptors (Lipinski definition) is 4. The Balaban J connectivity index is 1.51. The number of para-hydroxylation sites is 2. The van der Waals surface area contributed by atoms with Crippen LogP contribution in [0.3, 0.4) is 0 Å². The first-order valence-electron chi connectivity index (χ1n) is 13.2. The van der Waals surface area contributed by atoms with Gasteiger partial charge in [0.05, 0.1) is 11.4 Å². The van der Waals surface area contributed by atoms with Gasteiger partial charge in [0, 0.05) is 37.3 Å². The van der Waals surface area contributed by atoms with Crippen molar-refractivity contribution in [2.24, 2.45) is 11.8 Å². The van der Waals surface area contributed by atoms with Gasteiger partial charge in [0.2, 0.25) is 0 Å². The second kappa shape index (κ2) is 10.8. The first-order chi connectivity index (χ1) is 16.0. The van der Waals surface area contributed by atoms with E-state index in [0.29, 0.717) is 18.1 Å². The van der Waals surface area contributed by atoms with Gasteiger partial charge in [-0.25, -0.2) is 0 Å². The number of likely N-dealkylation sites (tertiary alicyclic amines) is 1. The van der Waals surface area contributed by atoms with E-state index in [9.17, 15) is 4.79 Å². The Morgan fingerprint density at radius 1 is 1.15 bits per heavy atom. The van der Waals surface area contributed by atoms with Crippen molar-refractivity contribution >= 4 is 17.3 Å². The maximum absolute atomic E-state index is 11.1. The Hall–Kier alpha value is -2.17. The van der Waals surface area contributed by atoms with Gasteiger partial charge in [-0.3, -0.25) is 4.79 Å². The lowest BCUT2D eigenvalue weighted by atomic mass is 9.69. The van der Waals surface area contributed by atoms with Crippen molar-refractivity contribution in [2.45, 2.75) is 95.7 Å². The van der Waals surface area contributed by atoms with Crippen molar-refractivity contribution in [1.82, 2.24) is 4.90 Å². The van der Waals surface area contributed by atoms with Gasteiger partial charge in [0.15, 0.2) is 0 Å². The van der Waals surface area contributed by atoms with Crippen LogP contribution in [0.1, 0.15) is 77.6 Å². The van der Waals surface area contributed by atoms with Crippen molar-refractivity contribution in [3.8, 4) is 0 Å². The maximum Gasteiger partial charge on any atom is 0.322 e. The number of carbonyl (C=O) groups is 1. The summed E-state index contributed by atoms with van der Waals surface area (Å²) in [5, 5.41) is 12.2. The molecular formula is C28H43N3O2. The van der Waals surface area contributed by atoms with Crippen molar-refractivity contribution in [3.63, 3.8) is 0 Å². The fraction of sp³-hybridized carbons (Fsp3) is 0.679. The molecule has 1 saturated heterocycles. The zero-order valence-corrected chi connectivity index (χ0v) is 20.6. The Morgan fingerprint density at radius 3 is 2.58 bits per heavy atom. The smallest absolute Gasteiger partial charge is 0.322 e. The first-order valence-corrected chi connectivity index (χ1v) is 13.2. The third kappa shape index (κ3) is 5.67. The van der Waals surface area contributed by atoms with Crippen molar-refractivity contribution in [3.05, 3.63) is 36.5 Å². The van der Waals surface area contributed by atoms with Crippen LogP contribution in [0.4, 0.5) is 11.4 Å². The molecule has 33 heavy (non-hydrogen) atoms. The minimum Gasteiger partial charge on any atom is -0.480 e. The molecule has 182 valence electrons. The first kappa shape index (κ1) is 24.0. The summed E-state index contributed by atoms with van der Waals surface area (Å²) in [5.41, 5.74) is 3.28. The van der Waals surface area contributed by atoms with E-state index < -0.39 is 5.97 Å². The highest BCUT2D eigenvalue weighted by molar-refractivity contribution is 5.77. The molecule has 4 unspecified atom stereocenters. The summed E-state index contributed by atoms with van der Waals surface area (Å²) in [5.74, 6) is 1.00. The summed E-state index contributed by atoms with van der Waals surface area (Å²) >= 11 is 0.